The van der Waals surface area contributed by atoms with Crippen LogP contribution in [0.4, 0.5) is 22.7 Å². The first-order valence-electron chi connectivity index (χ1n) is 14.2. The Hall–Kier alpha value is -4.19. The second kappa shape index (κ2) is 8.41. The summed E-state index contributed by atoms with van der Waals surface area (Å²) in [6.45, 7) is 2.25. The predicted molar refractivity (Wildman–Crippen MR) is 174 cm³/mol. The van der Waals surface area contributed by atoms with Crippen molar-refractivity contribution >= 4 is 55.9 Å². The lowest BCUT2D eigenvalue weighted by atomic mass is 9.67. The van der Waals surface area contributed by atoms with Gasteiger partial charge in [0.05, 0.1) is 22.5 Å². The number of hydrogen-bond acceptors (Lipinski definition) is 5. The van der Waals surface area contributed by atoms with Crippen LogP contribution in [0.5, 0.6) is 0 Å². The Balaban J connectivity index is 1.40. The first kappa shape index (κ1) is 23.5. The van der Waals surface area contributed by atoms with E-state index in [0.29, 0.717) is 0 Å². The topological polar surface area (TPSA) is 41.3 Å². The summed E-state index contributed by atoms with van der Waals surface area (Å²) in [6, 6.07) is 38.4. The highest BCUT2D eigenvalue weighted by molar-refractivity contribution is 7.99. The smallest absolute Gasteiger partial charge is 0.104 e. The first-order chi connectivity index (χ1) is 20.2. The van der Waals surface area contributed by atoms with Crippen LogP contribution in [-0.4, -0.2) is 6.17 Å². The fourth-order valence-electron chi connectivity index (χ4n) is 7.50. The summed E-state index contributed by atoms with van der Waals surface area (Å²) in [4.78, 5) is 5.10. The molecule has 0 saturated carbocycles. The second-order valence-electron chi connectivity index (χ2n) is 11.1. The summed E-state index contributed by atoms with van der Waals surface area (Å²) in [5.41, 5.74) is 18.7. The van der Waals surface area contributed by atoms with Crippen LogP contribution in [0.1, 0.15) is 35.6 Å². The fourth-order valence-corrected chi connectivity index (χ4v) is 9.53. The molecular weight excluding hydrogens is 539 g/mol. The highest BCUT2D eigenvalue weighted by Crippen LogP contribution is 2.64. The second-order valence-corrected chi connectivity index (χ2v) is 13.1. The molecule has 1 spiro atoms. The number of nitrogens with one attached hydrogen (secondary N) is 1. The van der Waals surface area contributed by atoms with Crippen molar-refractivity contribution in [3.63, 3.8) is 0 Å². The molecule has 9 rings (SSSR count). The number of anilines is 4. The van der Waals surface area contributed by atoms with E-state index in [0.717, 1.165) is 12.1 Å². The van der Waals surface area contributed by atoms with E-state index in [1.807, 2.05) is 11.8 Å². The number of thiophene rings is 1. The maximum Gasteiger partial charge on any atom is 0.104 e. The number of nitrogens with two attached hydrogens (primary N) is 1. The summed E-state index contributed by atoms with van der Waals surface area (Å²) in [6.07, 6.45) is 1.20. The molecule has 2 unspecified atom stereocenters. The number of benzene rings is 5. The third kappa shape index (κ3) is 2.95. The van der Waals surface area contributed by atoms with Gasteiger partial charge in [0.2, 0.25) is 0 Å². The monoisotopic (exact) mass is 565 g/mol. The van der Waals surface area contributed by atoms with E-state index in [-0.39, 0.29) is 6.17 Å². The number of para-hydroxylation sites is 2. The molecule has 5 aromatic carbocycles. The Morgan fingerprint density at radius 2 is 1.59 bits per heavy atom. The summed E-state index contributed by atoms with van der Waals surface area (Å²) in [7, 11) is 0. The van der Waals surface area contributed by atoms with Crippen LogP contribution >= 0.6 is 23.1 Å². The van der Waals surface area contributed by atoms with E-state index < -0.39 is 5.41 Å². The van der Waals surface area contributed by atoms with Gasteiger partial charge in [-0.3, -0.25) is 0 Å². The van der Waals surface area contributed by atoms with Crippen molar-refractivity contribution < 1.29 is 0 Å². The summed E-state index contributed by atoms with van der Waals surface area (Å²) in [5.74, 6) is 0. The van der Waals surface area contributed by atoms with E-state index in [1.54, 1.807) is 11.3 Å². The third-order valence-electron chi connectivity index (χ3n) is 9.11. The van der Waals surface area contributed by atoms with Gasteiger partial charge in [0, 0.05) is 30.9 Å². The van der Waals surface area contributed by atoms with E-state index in [9.17, 15) is 0 Å². The Morgan fingerprint density at radius 3 is 2.49 bits per heavy atom. The minimum atomic E-state index is -0.434. The van der Waals surface area contributed by atoms with E-state index >= 15 is 0 Å². The lowest BCUT2D eigenvalue weighted by Gasteiger charge is -2.40. The molecule has 0 bridgehead atoms. The van der Waals surface area contributed by atoms with Gasteiger partial charge in [-0.2, -0.15) is 0 Å². The minimum Gasteiger partial charge on any atom is -0.398 e. The Morgan fingerprint density at radius 1 is 0.805 bits per heavy atom. The van der Waals surface area contributed by atoms with E-state index in [4.69, 9.17) is 5.73 Å². The van der Waals surface area contributed by atoms with Crippen molar-refractivity contribution in [2.24, 2.45) is 0 Å². The maximum absolute atomic E-state index is 6.69. The molecule has 3 N–H and O–H groups in total. The van der Waals surface area contributed by atoms with Crippen molar-refractivity contribution in [3.8, 4) is 11.1 Å². The zero-order valence-electron chi connectivity index (χ0n) is 22.5. The first-order valence-corrected chi connectivity index (χ1v) is 15.9. The van der Waals surface area contributed by atoms with Gasteiger partial charge in [-0.05, 0) is 82.3 Å². The number of hydrogen-bond donors (Lipinski definition) is 2. The predicted octanol–water partition coefficient (Wildman–Crippen LogP) is 9.61. The highest BCUT2D eigenvalue weighted by atomic mass is 32.2. The van der Waals surface area contributed by atoms with Crippen LogP contribution < -0.4 is 16.0 Å². The van der Waals surface area contributed by atoms with Crippen molar-refractivity contribution in [1.82, 2.24) is 0 Å². The largest absolute Gasteiger partial charge is 0.398 e. The number of nitrogens with zero attached hydrogens (tertiary/aromatic N) is 1. The third-order valence-corrected chi connectivity index (χ3v) is 11.2. The average Bonchev–Trinajstić information content (AvgIpc) is 3.68. The zero-order valence-corrected chi connectivity index (χ0v) is 24.2. The van der Waals surface area contributed by atoms with Crippen LogP contribution in [-0.2, 0) is 5.41 Å². The van der Waals surface area contributed by atoms with Gasteiger partial charge in [-0.25, -0.2) is 0 Å². The summed E-state index contributed by atoms with van der Waals surface area (Å²) >= 11 is 3.62. The van der Waals surface area contributed by atoms with Crippen LogP contribution in [0.25, 0.3) is 21.2 Å². The molecule has 6 aromatic rings. The molecule has 3 heterocycles. The number of rotatable bonds is 2. The Labute approximate surface area is 247 Å². The van der Waals surface area contributed by atoms with Crippen molar-refractivity contribution in [2.45, 2.75) is 34.7 Å². The molecule has 41 heavy (non-hydrogen) atoms. The lowest BCUT2D eigenvalue weighted by Crippen LogP contribution is -2.34. The van der Waals surface area contributed by atoms with Gasteiger partial charge in [0.1, 0.15) is 6.17 Å². The van der Waals surface area contributed by atoms with Crippen LogP contribution in [0.15, 0.2) is 118 Å². The molecule has 0 saturated heterocycles. The molecule has 5 heteroatoms. The zero-order chi connectivity index (χ0) is 27.3. The molecule has 0 fully saturated rings. The summed E-state index contributed by atoms with van der Waals surface area (Å²) in [5, 5.41) is 7.04. The van der Waals surface area contributed by atoms with Crippen molar-refractivity contribution in [1.29, 1.82) is 0 Å². The molecule has 1 aliphatic carbocycles. The molecule has 0 amide bonds. The van der Waals surface area contributed by atoms with Crippen LogP contribution in [0, 0.1) is 0 Å². The van der Waals surface area contributed by atoms with Crippen LogP contribution in [0.2, 0.25) is 0 Å². The van der Waals surface area contributed by atoms with Gasteiger partial charge in [-0.15, -0.1) is 11.3 Å². The molecule has 3 aliphatic rings. The minimum absolute atomic E-state index is 0.207. The molecule has 2 atom stereocenters. The van der Waals surface area contributed by atoms with Gasteiger partial charge >= 0.3 is 0 Å². The molecule has 1 aromatic heterocycles. The van der Waals surface area contributed by atoms with Gasteiger partial charge in [0.25, 0.3) is 0 Å². The van der Waals surface area contributed by atoms with Crippen molar-refractivity contribution in [3.05, 3.63) is 131 Å². The van der Waals surface area contributed by atoms with Gasteiger partial charge in [-0.1, -0.05) is 79.3 Å². The molecule has 3 nitrogen and oxygen atoms in total. The quantitative estimate of drug-likeness (QED) is 0.219. The molecule has 0 radical (unpaired) electrons. The van der Waals surface area contributed by atoms with Gasteiger partial charge < -0.3 is 16.0 Å². The number of nitrogen functional groups attached to an aromatic ring is 1. The van der Waals surface area contributed by atoms with Crippen LogP contribution in [0.3, 0.4) is 0 Å². The summed E-state index contributed by atoms with van der Waals surface area (Å²) < 4.78 is 1.24. The Kier molecular flexibility index (Phi) is 4.82. The average molecular weight is 566 g/mol. The molecule has 2 aliphatic heterocycles. The SMILES string of the molecule is CCC1Nc2ccccc2N1c1ccc2c(c1)C1(c3ccccc3S2)c2ccccc2-c2c1ccc1scc(N)c21. The lowest BCUT2D eigenvalue weighted by molar-refractivity contribution is 0.711. The number of fused-ring (bicyclic) bond motifs is 12. The van der Waals surface area contributed by atoms with E-state index in [2.05, 4.69) is 126 Å². The molecular formula is C36H27N3S2. The maximum atomic E-state index is 6.69. The Bertz CT molecular complexity index is 2040. The van der Waals surface area contributed by atoms with E-state index in [1.165, 1.54) is 70.3 Å². The van der Waals surface area contributed by atoms with Gasteiger partial charge in [0.15, 0.2) is 0 Å². The highest BCUT2D eigenvalue weighted by Gasteiger charge is 2.51. The fraction of sp³-hybridized carbons (Fsp3) is 0.111. The standard InChI is InChI=1S/C36H27N3S2/c1-2-33-38-28-12-6-7-13-29(28)39(33)21-15-17-31-26(19-21)36(24-11-5-8-14-30(24)41-31)23-10-4-3-9-22(23)34-25(36)16-18-32-35(34)27(37)20-40-32/h3-20,33,38H,2,37H2,1H3. The normalized spacial score (nSPS) is 19.4. The molecule has 198 valence electrons. The van der Waals surface area contributed by atoms with Crippen molar-refractivity contribution in [2.75, 3.05) is 16.0 Å².